The monoisotopic (exact) mass is 214 g/mol. The normalized spacial score (nSPS) is 20.4. The number of benzene rings is 1. The fraction of sp³-hybridized carbons (Fsp3) is 0.400. The van der Waals surface area contributed by atoms with Crippen molar-refractivity contribution >= 4 is 11.4 Å². The molecule has 0 aromatic heterocycles. The summed E-state index contributed by atoms with van der Waals surface area (Å²) < 4.78 is 0. The van der Waals surface area contributed by atoms with E-state index in [1.54, 1.807) is 6.92 Å². The van der Waals surface area contributed by atoms with Crippen molar-refractivity contribution < 1.29 is 4.79 Å². The van der Waals surface area contributed by atoms with Crippen molar-refractivity contribution in [2.75, 3.05) is 0 Å². The summed E-state index contributed by atoms with van der Waals surface area (Å²) in [5, 5.41) is 0. The first-order chi connectivity index (χ1) is 7.66. The van der Waals surface area contributed by atoms with Crippen LogP contribution in [0.15, 0.2) is 30.3 Å². The SMILES string of the molecule is CC(=O)c1ccc(C2=CCC(C)CC2)cc1. The molecule has 1 nitrogen and oxygen atoms in total. The van der Waals surface area contributed by atoms with Gasteiger partial charge in [-0.15, -0.1) is 0 Å². The van der Waals surface area contributed by atoms with E-state index in [4.69, 9.17) is 0 Å². The third-order valence-electron chi connectivity index (χ3n) is 3.34. The van der Waals surface area contributed by atoms with Crippen LogP contribution >= 0.6 is 0 Å². The van der Waals surface area contributed by atoms with E-state index in [-0.39, 0.29) is 5.78 Å². The minimum atomic E-state index is 0.137. The number of carbonyl (C=O) groups excluding carboxylic acids is 1. The highest BCUT2D eigenvalue weighted by Crippen LogP contribution is 2.29. The Balaban J connectivity index is 2.19. The third kappa shape index (κ3) is 2.41. The standard InChI is InChI=1S/C15H18O/c1-11-3-5-14(6-4-11)15-9-7-13(8-10-15)12(2)16/h5,7-11H,3-4,6H2,1-2H3. The van der Waals surface area contributed by atoms with Gasteiger partial charge in [0.25, 0.3) is 0 Å². The lowest BCUT2D eigenvalue weighted by atomic mass is 9.87. The van der Waals surface area contributed by atoms with Crippen molar-refractivity contribution in [1.29, 1.82) is 0 Å². The number of Topliss-reactive ketones (excluding diaryl/α,β-unsaturated/α-hetero) is 1. The Kier molecular flexibility index (Phi) is 3.23. The van der Waals surface area contributed by atoms with Crippen LogP contribution < -0.4 is 0 Å². The Morgan fingerprint density at radius 1 is 1.25 bits per heavy atom. The third-order valence-corrected chi connectivity index (χ3v) is 3.34. The maximum absolute atomic E-state index is 11.2. The second-order valence-electron chi connectivity index (χ2n) is 4.74. The molecule has 1 aliphatic rings. The molecule has 0 radical (unpaired) electrons. The van der Waals surface area contributed by atoms with Gasteiger partial charge in [0.2, 0.25) is 0 Å². The van der Waals surface area contributed by atoms with Gasteiger partial charge in [0.1, 0.15) is 0 Å². The summed E-state index contributed by atoms with van der Waals surface area (Å²) in [4.78, 5) is 11.2. The molecule has 1 unspecified atom stereocenters. The van der Waals surface area contributed by atoms with Gasteiger partial charge in [0.15, 0.2) is 5.78 Å². The van der Waals surface area contributed by atoms with Crippen LogP contribution in [0.5, 0.6) is 0 Å². The lowest BCUT2D eigenvalue weighted by molar-refractivity contribution is 0.101. The van der Waals surface area contributed by atoms with Gasteiger partial charge in [-0.05, 0) is 43.2 Å². The second-order valence-corrected chi connectivity index (χ2v) is 4.74. The Hall–Kier alpha value is -1.37. The van der Waals surface area contributed by atoms with E-state index in [1.807, 2.05) is 12.1 Å². The minimum absolute atomic E-state index is 0.137. The molecule has 0 saturated carbocycles. The molecular formula is C15H18O. The van der Waals surface area contributed by atoms with Crippen molar-refractivity contribution in [1.82, 2.24) is 0 Å². The summed E-state index contributed by atoms with van der Waals surface area (Å²) in [6, 6.07) is 7.99. The maximum atomic E-state index is 11.2. The van der Waals surface area contributed by atoms with E-state index in [9.17, 15) is 4.79 Å². The van der Waals surface area contributed by atoms with Crippen LogP contribution in [0.4, 0.5) is 0 Å². The van der Waals surface area contributed by atoms with Crippen molar-refractivity contribution in [3.05, 3.63) is 41.5 Å². The van der Waals surface area contributed by atoms with Gasteiger partial charge in [-0.2, -0.15) is 0 Å². The Morgan fingerprint density at radius 2 is 1.94 bits per heavy atom. The van der Waals surface area contributed by atoms with Crippen molar-refractivity contribution in [2.24, 2.45) is 5.92 Å². The van der Waals surface area contributed by atoms with Crippen LogP contribution in [0, 0.1) is 5.92 Å². The van der Waals surface area contributed by atoms with E-state index >= 15 is 0 Å². The molecule has 16 heavy (non-hydrogen) atoms. The number of hydrogen-bond donors (Lipinski definition) is 0. The number of ketones is 1. The Bertz CT molecular complexity index is 412. The summed E-state index contributed by atoms with van der Waals surface area (Å²) in [7, 11) is 0. The highest BCUT2D eigenvalue weighted by atomic mass is 16.1. The number of carbonyl (C=O) groups is 1. The van der Waals surface area contributed by atoms with Crippen molar-refractivity contribution in [2.45, 2.75) is 33.1 Å². The molecule has 0 spiro atoms. The molecule has 0 amide bonds. The number of allylic oxidation sites excluding steroid dienone is 2. The fourth-order valence-corrected chi connectivity index (χ4v) is 2.15. The maximum Gasteiger partial charge on any atom is 0.159 e. The molecule has 1 aromatic rings. The molecular weight excluding hydrogens is 196 g/mol. The summed E-state index contributed by atoms with van der Waals surface area (Å²) in [5.41, 5.74) is 3.51. The van der Waals surface area contributed by atoms with Gasteiger partial charge in [-0.3, -0.25) is 4.79 Å². The summed E-state index contributed by atoms with van der Waals surface area (Å²) in [5.74, 6) is 0.957. The predicted octanol–water partition coefficient (Wildman–Crippen LogP) is 4.09. The summed E-state index contributed by atoms with van der Waals surface area (Å²) in [6.07, 6.45) is 5.97. The van der Waals surface area contributed by atoms with Crippen LogP contribution in [0.3, 0.4) is 0 Å². The van der Waals surface area contributed by atoms with Gasteiger partial charge in [0.05, 0.1) is 0 Å². The van der Waals surface area contributed by atoms with Gasteiger partial charge < -0.3 is 0 Å². The van der Waals surface area contributed by atoms with E-state index in [0.29, 0.717) is 0 Å². The van der Waals surface area contributed by atoms with E-state index < -0.39 is 0 Å². The van der Waals surface area contributed by atoms with Crippen molar-refractivity contribution in [3.63, 3.8) is 0 Å². The molecule has 1 aromatic carbocycles. The van der Waals surface area contributed by atoms with Crippen LogP contribution in [-0.2, 0) is 0 Å². The zero-order valence-electron chi connectivity index (χ0n) is 9.99. The first-order valence-corrected chi connectivity index (χ1v) is 5.97. The fourth-order valence-electron chi connectivity index (χ4n) is 2.15. The van der Waals surface area contributed by atoms with Crippen LogP contribution in [0.25, 0.3) is 5.57 Å². The lowest BCUT2D eigenvalue weighted by Gasteiger charge is -2.18. The van der Waals surface area contributed by atoms with Gasteiger partial charge in [-0.25, -0.2) is 0 Å². The Labute approximate surface area is 97.2 Å². The molecule has 1 aliphatic carbocycles. The summed E-state index contributed by atoms with van der Waals surface area (Å²) >= 11 is 0. The number of rotatable bonds is 2. The molecule has 84 valence electrons. The van der Waals surface area contributed by atoms with Crippen molar-refractivity contribution in [3.8, 4) is 0 Å². The topological polar surface area (TPSA) is 17.1 Å². The molecule has 2 rings (SSSR count). The molecule has 1 atom stereocenters. The highest BCUT2D eigenvalue weighted by Gasteiger charge is 2.11. The molecule has 0 bridgehead atoms. The van der Waals surface area contributed by atoms with Gasteiger partial charge in [0, 0.05) is 5.56 Å². The zero-order valence-corrected chi connectivity index (χ0v) is 9.99. The first kappa shape index (κ1) is 11.1. The van der Waals surface area contributed by atoms with Crippen LogP contribution in [0.1, 0.15) is 49.0 Å². The predicted molar refractivity (Wildman–Crippen MR) is 67.4 cm³/mol. The van der Waals surface area contributed by atoms with Crippen LogP contribution in [0.2, 0.25) is 0 Å². The smallest absolute Gasteiger partial charge is 0.159 e. The van der Waals surface area contributed by atoms with Gasteiger partial charge >= 0.3 is 0 Å². The average molecular weight is 214 g/mol. The Morgan fingerprint density at radius 3 is 2.44 bits per heavy atom. The van der Waals surface area contributed by atoms with E-state index in [2.05, 4.69) is 25.1 Å². The first-order valence-electron chi connectivity index (χ1n) is 5.97. The molecule has 0 heterocycles. The summed E-state index contributed by atoms with van der Waals surface area (Å²) in [6.45, 7) is 3.91. The number of hydrogen-bond acceptors (Lipinski definition) is 1. The highest BCUT2D eigenvalue weighted by molar-refractivity contribution is 5.94. The lowest BCUT2D eigenvalue weighted by Crippen LogP contribution is -2.01. The van der Waals surface area contributed by atoms with E-state index in [1.165, 1.54) is 30.4 Å². The average Bonchev–Trinajstić information content (AvgIpc) is 2.30. The zero-order chi connectivity index (χ0) is 11.5. The van der Waals surface area contributed by atoms with Gasteiger partial charge in [-0.1, -0.05) is 37.3 Å². The van der Waals surface area contributed by atoms with Crippen LogP contribution in [-0.4, -0.2) is 5.78 Å². The molecule has 0 fully saturated rings. The minimum Gasteiger partial charge on any atom is -0.295 e. The quantitative estimate of drug-likeness (QED) is 0.677. The molecule has 0 saturated heterocycles. The molecule has 0 N–H and O–H groups in total. The largest absolute Gasteiger partial charge is 0.295 e. The van der Waals surface area contributed by atoms with E-state index in [0.717, 1.165) is 11.5 Å². The second kappa shape index (κ2) is 4.65. The molecule has 1 heteroatoms. The molecule has 0 aliphatic heterocycles.